The van der Waals surface area contributed by atoms with E-state index in [2.05, 4.69) is 0 Å². The lowest BCUT2D eigenvalue weighted by Gasteiger charge is -1.92. The average Bonchev–Trinajstić information content (AvgIpc) is 2.50. The average molecular weight is 411 g/mol. The van der Waals surface area contributed by atoms with Crippen LogP contribution in [0.5, 0.6) is 0 Å². The van der Waals surface area contributed by atoms with Crippen LogP contribution in [0.2, 0.25) is 0 Å². The lowest BCUT2D eigenvalue weighted by molar-refractivity contribution is -0.135. The molecule has 0 amide bonds. The molecule has 0 spiro atoms. The van der Waals surface area contributed by atoms with Crippen molar-refractivity contribution in [1.29, 1.82) is 0 Å². The molecule has 13 heteroatoms. The van der Waals surface area contributed by atoms with Crippen LogP contribution in [0.1, 0.15) is 13.3 Å². The molecule has 12 nitrogen and oxygen atoms in total. The van der Waals surface area contributed by atoms with Crippen molar-refractivity contribution in [3.05, 3.63) is 34.9 Å². The van der Waals surface area contributed by atoms with E-state index < -0.39 is 40.8 Å². The molecular formula is C14H15ClO12. The summed E-state index contributed by atoms with van der Waals surface area (Å²) in [7, 11) is 0. The quantitative estimate of drug-likeness (QED) is 0.315. The zero-order valence-electron chi connectivity index (χ0n) is 13.5. The smallest absolute Gasteiger partial charge is 0.347 e. The van der Waals surface area contributed by atoms with Crippen LogP contribution in [0.3, 0.4) is 0 Å². The van der Waals surface area contributed by atoms with Gasteiger partial charge >= 0.3 is 35.8 Å². The van der Waals surface area contributed by atoms with Gasteiger partial charge in [0.05, 0.1) is 0 Å². The Kier molecular flexibility index (Phi) is 16.5. The van der Waals surface area contributed by atoms with Crippen LogP contribution in [0, 0.1) is 0 Å². The molecule has 0 heterocycles. The van der Waals surface area contributed by atoms with Crippen molar-refractivity contribution in [3.8, 4) is 0 Å². The van der Waals surface area contributed by atoms with Crippen LogP contribution < -0.4 is 0 Å². The summed E-state index contributed by atoms with van der Waals surface area (Å²) in [5.41, 5.74) is -0.0903. The second-order valence-electron chi connectivity index (χ2n) is 3.81. The van der Waals surface area contributed by atoms with Gasteiger partial charge < -0.3 is 30.6 Å². The van der Waals surface area contributed by atoms with E-state index in [-0.39, 0.29) is 12.0 Å². The largest absolute Gasteiger partial charge is 0.478 e. The molecule has 0 aliphatic carbocycles. The van der Waals surface area contributed by atoms with Crippen molar-refractivity contribution in [3.63, 3.8) is 0 Å². The van der Waals surface area contributed by atoms with Gasteiger partial charge in [-0.3, -0.25) is 0 Å². The van der Waals surface area contributed by atoms with Crippen LogP contribution in [0.4, 0.5) is 0 Å². The van der Waals surface area contributed by atoms with E-state index >= 15 is 0 Å². The molecule has 0 atom stereocenters. The van der Waals surface area contributed by atoms with E-state index in [4.69, 9.17) is 42.2 Å². The molecular weight excluding hydrogens is 396 g/mol. The molecule has 0 aliphatic heterocycles. The summed E-state index contributed by atoms with van der Waals surface area (Å²) in [6, 6.07) is 0. The highest BCUT2D eigenvalue weighted by molar-refractivity contribution is 6.42. The minimum absolute atomic E-state index is 0.0903. The maximum Gasteiger partial charge on any atom is 0.347 e. The van der Waals surface area contributed by atoms with E-state index in [0.29, 0.717) is 24.3 Å². The molecule has 0 aromatic heterocycles. The van der Waals surface area contributed by atoms with Crippen molar-refractivity contribution in [2.24, 2.45) is 0 Å². The van der Waals surface area contributed by atoms with Gasteiger partial charge in [0.25, 0.3) is 0 Å². The van der Waals surface area contributed by atoms with E-state index in [9.17, 15) is 28.8 Å². The van der Waals surface area contributed by atoms with Gasteiger partial charge in [0, 0.05) is 29.9 Å². The molecule has 0 saturated carbocycles. The summed E-state index contributed by atoms with van der Waals surface area (Å²) in [5, 5.41) is 47.2. The van der Waals surface area contributed by atoms with Gasteiger partial charge in [-0.15, -0.1) is 0 Å². The highest BCUT2D eigenvalue weighted by Gasteiger charge is 2.05. The number of carbonyl (C=O) groups is 6. The van der Waals surface area contributed by atoms with Crippen molar-refractivity contribution in [2.45, 2.75) is 13.3 Å². The third-order valence-electron chi connectivity index (χ3n) is 1.78. The van der Waals surface area contributed by atoms with E-state index in [1.165, 1.54) is 0 Å². The van der Waals surface area contributed by atoms with Crippen molar-refractivity contribution in [2.75, 3.05) is 0 Å². The standard InChI is InChI=1S/C6H8O4.C4H3ClO4.C4H4O4/c1-2-4(6(9)10)3-5(7)8;5-2(4(8)9)1-3(6)7;5-3(6)1-2-4(7)8/h3H,2H2,1H3,(H,7,8)(H,9,10);1H,(H,6,7)(H,8,9);1-2H,(H,5,6)(H,7,8)/b4-3-;2-1+;. The number of rotatable bonds is 7. The fraction of sp³-hybridized carbons (Fsp3) is 0.143. The number of hydrogen-bond donors (Lipinski definition) is 6. The van der Waals surface area contributed by atoms with Crippen molar-refractivity contribution < 1.29 is 59.4 Å². The predicted octanol–water partition coefficient (Wildman–Crippen LogP) is 0.482. The minimum Gasteiger partial charge on any atom is -0.478 e. The Morgan fingerprint density at radius 1 is 0.667 bits per heavy atom. The Hall–Kier alpha value is -3.67. The zero-order chi connectivity index (χ0) is 22.2. The predicted molar refractivity (Wildman–Crippen MR) is 87.3 cm³/mol. The molecule has 0 bridgehead atoms. The summed E-state index contributed by atoms with van der Waals surface area (Å²) >= 11 is 4.89. The summed E-state index contributed by atoms with van der Waals surface area (Å²) in [6.07, 6.45) is 2.44. The van der Waals surface area contributed by atoms with Crippen LogP contribution in [0.15, 0.2) is 34.9 Å². The molecule has 6 N–H and O–H groups in total. The Labute approximate surface area is 155 Å². The van der Waals surface area contributed by atoms with E-state index in [0.717, 1.165) is 0 Å². The molecule has 0 fully saturated rings. The number of aliphatic carboxylic acids is 6. The molecule has 0 aromatic carbocycles. The Morgan fingerprint density at radius 3 is 1.15 bits per heavy atom. The summed E-state index contributed by atoms with van der Waals surface area (Å²) < 4.78 is 0. The normalized spacial score (nSPS) is 10.6. The number of halogens is 1. The highest BCUT2D eigenvalue weighted by atomic mass is 35.5. The van der Waals surface area contributed by atoms with Gasteiger partial charge in [-0.2, -0.15) is 0 Å². The molecule has 0 aromatic rings. The van der Waals surface area contributed by atoms with Crippen LogP contribution >= 0.6 is 11.6 Å². The molecule has 150 valence electrons. The van der Waals surface area contributed by atoms with Crippen LogP contribution in [-0.4, -0.2) is 66.5 Å². The SMILES string of the molecule is CC/C(=C/C(=O)O)C(=O)O.O=C(O)/C=C(/Cl)C(=O)O.O=C(O)C=CC(=O)O. The van der Waals surface area contributed by atoms with Crippen molar-refractivity contribution in [1.82, 2.24) is 0 Å². The summed E-state index contributed by atoms with van der Waals surface area (Å²) in [5.74, 6) is -7.73. The molecule has 0 unspecified atom stereocenters. The lowest BCUT2D eigenvalue weighted by atomic mass is 10.2. The molecule has 0 radical (unpaired) electrons. The minimum atomic E-state index is -1.45. The molecule has 27 heavy (non-hydrogen) atoms. The molecule has 0 aliphatic rings. The van der Waals surface area contributed by atoms with E-state index in [1.54, 1.807) is 6.92 Å². The third-order valence-corrected chi connectivity index (χ3v) is 2.05. The topological polar surface area (TPSA) is 224 Å². The van der Waals surface area contributed by atoms with Crippen molar-refractivity contribution >= 4 is 47.4 Å². The summed E-state index contributed by atoms with van der Waals surface area (Å²) in [4.78, 5) is 58.6. The van der Waals surface area contributed by atoms with Gasteiger partial charge in [-0.25, -0.2) is 28.8 Å². The first-order chi connectivity index (χ1) is 12.2. The highest BCUT2D eigenvalue weighted by Crippen LogP contribution is 1.99. The van der Waals surface area contributed by atoms with Gasteiger partial charge in [-0.1, -0.05) is 18.5 Å². The third kappa shape index (κ3) is 24.7. The maximum absolute atomic E-state index is 10.1. The Morgan fingerprint density at radius 2 is 1.04 bits per heavy atom. The maximum atomic E-state index is 10.1. The first kappa shape index (κ1) is 28.1. The Bertz CT molecular complexity index is 656. The van der Waals surface area contributed by atoms with Gasteiger partial charge in [0.2, 0.25) is 0 Å². The second-order valence-corrected chi connectivity index (χ2v) is 4.22. The van der Waals surface area contributed by atoms with Crippen LogP contribution in [0.25, 0.3) is 0 Å². The first-order valence-corrected chi connectivity index (χ1v) is 6.76. The lowest BCUT2D eigenvalue weighted by Crippen LogP contribution is -2.02. The number of carboxylic acid groups (broad SMARTS) is 6. The van der Waals surface area contributed by atoms with Gasteiger partial charge in [-0.05, 0) is 6.42 Å². The van der Waals surface area contributed by atoms with E-state index in [1.807, 2.05) is 0 Å². The Balaban J connectivity index is -0.000000322. The molecule has 0 rings (SSSR count). The fourth-order valence-corrected chi connectivity index (χ4v) is 0.870. The number of carboxylic acids is 6. The zero-order valence-corrected chi connectivity index (χ0v) is 14.3. The van der Waals surface area contributed by atoms with Gasteiger partial charge in [0.15, 0.2) is 0 Å². The first-order valence-electron chi connectivity index (χ1n) is 6.38. The van der Waals surface area contributed by atoms with Gasteiger partial charge in [0.1, 0.15) is 5.03 Å². The molecule has 0 saturated heterocycles. The summed E-state index contributed by atoms with van der Waals surface area (Å²) in [6.45, 7) is 1.59. The fourth-order valence-electron chi connectivity index (χ4n) is 0.777. The number of hydrogen-bond acceptors (Lipinski definition) is 6. The van der Waals surface area contributed by atoms with Crippen LogP contribution in [-0.2, 0) is 28.8 Å². The monoisotopic (exact) mass is 410 g/mol. The second kappa shape index (κ2) is 15.8.